The summed E-state index contributed by atoms with van der Waals surface area (Å²) in [7, 11) is 0. The highest BCUT2D eigenvalue weighted by molar-refractivity contribution is 5.72. The van der Waals surface area contributed by atoms with Crippen LogP contribution in [0.2, 0.25) is 0 Å². The van der Waals surface area contributed by atoms with Crippen molar-refractivity contribution in [2.24, 2.45) is 0 Å². The number of nitrogens with one attached hydrogen (secondary N) is 1. The van der Waals surface area contributed by atoms with Crippen LogP contribution >= 0.6 is 0 Å². The van der Waals surface area contributed by atoms with Crippen molar-refractivity contribution in [1.82, 2.24) is 10.2 Å². The van der Waals surface area contributed by atoms with Crippen molar-refractivity contribution in [3.63, 3.8) is 0 Å². The molecule has 0 aliphatic carbocycles. The molecule has 4 nitrogen and oxygen atoms in total. The lowest BCUT2D eigenvalue weighted by molar-refractivity contribution is -0.156. The van der Waals surface area contributed by atoms with E-state index in [0.29, 0.717) is 12.6 Å². The Labute approximate surface area is 111 Å². The number of carbonyl (C=O) groups excluding carboxylic acids is 1. The second kappa shape index (κ2) is 7.10. The predicted molar refractivity (Wildman–Crippen MR) is 73.6 cm³/mol. The largest absolute Gasteiger partial charge is 0.459 e. The van der Waals surface area contributed by atoms with Gasteiger partial charge in [-0.1, -0.05) is 6.92 Å². The van der Waals surface area contributed by atoms with Gasteiger partial charge in [0.1, 0.15) is 5.60 Å². The first-order valence-electron chi connectivity index (χ1n) is 7.09. The van der Waals surface area contributed by atoms with Crippen molar-refractivity contribution in [3.05, 3.63) is 0 Å². The minimum Gasteiger partial charge on any atom is -0.459 e. The van der Waals surface area contributed by atoms with E-state index in [1.165, 1.54) is 0 Å². The first-order chi connectivity index (χ1) is 8.42. The van der Waals surface area contributed by atoms with Crippen LogP contribution in [0, 0.1) is 0 Å². The van der Waals surface area contributed by atoms with Gasteiger partial charge in [0.05, 0.1) is 6.54 Å². The molecule has 1 fully saturated rings. The molecular formula is C14H28N2O2. The molecule has 0 bridgehead atoms. The second-order valence-electron chi connectivity index (χ2n) is 6.04. The van der Waals surface area contributed by atoms with Crippen molar-refractivity contribution in [2.75, 3.05) is 26.2 Å². The van der Waals surface area contributed by atoms with Gasteiger partial charge < -0.3 is 10.1 Å². The maximum Gasteiger partial charge on any atom is 0.320 e. The molecule has 1 heterocycles. The number of esters is 1. The Morgan fingerprint density at radius 3 is 2.44 bits per heavy atom. The molecule has 106 valence electrons. The number of carbonyl (C=O) groups is 1. The van der Waals surface area contributed by atoms with Gasteiger partial charge in [-0.25, -0.2) is 0 Å². The molecule has 0 aromatic carbocycles. The molecule has 0 aromatic rings. The number of piperidine rings is 1. The van der Waals surface area contributed by atoms with Crippen molar-refractivity contribution in [2.45, 2.75) is 58.6 Å². The molecule has 0 unspecified atom stereocenters. The smallest absolute Gasteiger partial charge is 0.320 e. The van der Waals surface area contributed by atoms with Crippen molar-refractivity contribution in [1.29, 1.82) is 0 Å². The van der Waals surface area contributed by atoms with Gasteiger partial charge in [0, 0.05) is 6.04 Å². The van der Waals surface area contributed by atoms with E-state index in [9.17, 15) is 4.79 Å². The standard InChI is InChI=1S/C14H28N2O2/c1-5-10-16(12-6-8-15-9-7-12)11-13(17)18-14(2,3)4/h12,15H,5-11H2,1-4H3. The van der Waals surface area contributed by atoms with Crippen LogP contribution in [-0.2, 0) is 9.53 Å². The molecule has 1 aliphatic rings. The minimum absolute atomic E-state index is 0.102. The molecule has 0 atom stereocenters. The zero-order chi connectivity index (χ0) is 13.6. The summed E-state index contributed by atoms with van der Waals surface area (Å²) in [4.78, 5) is 14.2. The van der Waals surface area contributed by atoms with Gasteiger partial charge in [0.15, 0.2) is 0 Å². The Bertz CT molecular complexity index is 255. The van der Waals surface area contributed by atoms with Crippen LogP contribution < -0.4 is 5.32 Å². The predicted octanol–water partition coefficient (Wildman–Crippen LogP) is 1.79. The summed E-state index contributed by atoms with van der Waals surface area (Å²) in [6, 6.07) is 0.527. The number of rotatable bonds is 5. The third-order valence-corrected chi connectivity index (χ3v) is 3.09. The zero-order valence-electron chi connectivity index (χ0n) is 12.3. The van der Waals surface area contributed by atoms with E-state index in [-0.39, 0.29) is 11.6 Å². The molecule has 18 heavy (non-hydrogen) atoms. The van der Waals surface area contributed by atoms with E-state index in [4.69, 9.17) is 4.74 Å². The van der Waals surface area contributed by atoms with E-state index in [1.807, 2.05) is 20.8 Å². The van der Waals surface area contributed by atoms with Gasteiger partial charge in [-0.15, -0.1) is 0 Å². The summed E-state index contributed by atoms with van der Waals surface area (Å²) < 4.78 is 5.41. The monoisotopic (exact) mass is 256 g/mol. The Morgan fingerprint density at radius 1 is 1.33 bits per heavy atom. The van der Waals surface area contributed by atoms with Gasteiger partial charge in [0.2, 0.25) is 0 Å². The highest BCUT2D eigenvalue weighted by atomic mass is 16.6. The third-order valence-electron chi connectivity index (χ3n) is 3.09. The molecule has 0 saturated carbocycles. The number of ether oxygens (including phenoxy) is 1. The fraction of sp³-hybridized carbons (Fsp3) is 0.929. The second-order valence-corrected chi connectivity index (χ2v) is 6.04. The summed E-state index contributed by atoms with van der Waals surface area (Å²) >= 11 is 0. The average Bonchev–Trinajstić information content (AvgIpc) is 2.27. The lowest BCUT2D eigenvalue weighted by atomic mass is 10.0. The van der Waals surface area contributed by atoms with Gasteiger partial charge in [-0.2, -0.15) is 0 Å². The molecule has 0 amide bonds. The lowest BCUT2D eigenvalue weighted by Gasteiger charge is -2.34. The van der Waals surface area contributed by atoms with E-state index in [2.05, 4.69) is 17.1 Å². The Kier molecular flexibility index (Phi) is 6.09. The summed E-state index contributed by atoms with van der Waals surface area (Å²) in [6.07, 6.45) is 3.33. The van der Waals surface area contributed by atoms with Crippen LogP contribution in [0.1, 0.15) is 47.0 Å². The van der Waals surface area contributed by atoms with Crippen molar-refractivity contribution in [3.8, 4) is 0 Å². The van der Waals surface area contributed by atoms with Gasteiger partial charge in [0.25, 0.3) is 0 Å². The van der Waals surface area contributed by atoms with Crippen LogP contribution in [0.5, 0.6) is 0 Å². The molecule has 1 aliphatic heterocycles. The minimum atomic E-state index is -0.386. The van der Waals surface area contributed by atoms with Gasteiger partial charge in [-0.3, -0.25) is 9.69 Å². The van der Waals surface area contributed by atoms with Crippen LogP contribution in [0.3, 0.4) is 0 Å². The molecule has 4 heteroatoms. The van der Waals surface area contributed by atoms with Crippen LogP contribution in [0.25, 0.3) is 0 Å². The molecule has 1 N–H and O–H groups in total. The van der Waals surface area contributed by atoms with Gasteiger partial charge in [-0.05, 0) is 59.7 Å². The number of hydrogen-bond acceptors (Lipinski definition) is 4. The maximum atomic E-state index is 11.9. The highest BCUT2D eigenvalue weighted by Crippen LogP contribution is 2.14. The van der Waals surface area contributed by atoms with Crippen LogP contribution in [0.15, 0.2) is 0 Å². The molecule has 0 radical (unpaired) electrons. The average molecular weight is 256 g/mol. The normalized spacial score (nSPS) is 18.1. The van der Waals surface area contributed by atoms with Crippen molar-refractivity contribution < 1.29 is 9.53 Å². The third kappa shape index (κ3) is 5.83. The van der Waals surface area contributed by atoms with E-state index >= 15 is 0 Å². The van der Waals surface area contributed by atoms with Crippen molar-refractivity contribution >= 4 is 5.97 Å². The van der Waals surface area contributed by atoms with Crippen LogP contribution in [-0.4, -0.2) is 48.7 Å². The molecule has 1 saturated heterocycles. The Morgan fingerprint density at radius 2 is 1.94 bits per heavy atom. The zero-order valence-corrected chi connectivity index (χ0v) is 12.3. The Hall–Kier alpha value is -0.610. The first-order valence-corrected chi connectivity index (χ1v) is 7.09. The number of hydrogen-bond donors (Lipinski definition) is 1. The topological polar surface area (TPSA) is 41.6 Å². The summed E-state index contributed by atoms with van der Waals surface area (Å²) in [6.45, 7) is 11.4. The van der Waals surface area contributed by atoms with E-state index in [0.717, 1.165) is 38.9 Å². The highest BCUT2D eigenvalue weighted by Gasteiger charge is 2.24. The SMILES string of the molecule is CCCN(CC(=O)OC(C)(C)C)C1CCNCC1. The molecule has 0 aromatic heterocycles. The fourth-order valence-electron chi connectivity index (χ4n) is 2.39. The molecular weight excluding hydrogens is 228 g/mol. The maximum absolute atomic E-state index is 11.9. The summed E-state index contributed by atoms with van der Waals surface area (Å²) in [5, 5.41) is 3.36. The van der Waals surface area contributed by atoms with Crippen LogP contribution in [0.4, 0.5) is 0 Å². The fourth-order valence-corrected chi connectivity index (χ4v) is 2.39. The summed E-state index contributed by atoms with van der Waals surface area (Å²) in [5.41, 5.74) is -0.386. The van der Waals surface area contributed by atoms with E-state index in [1.54, 1.807) is 0 Å². The molecule has 1 rings (SSSR count). The number of nitrogens with zero attached hydrogens (tertiary/aromatic N) is 1. The summed E-state index contributed by atoms with van der Waals surface area (Å²) in [5.74, 6) is -0.102. The lowest BCUT2D eigenvalue weighted by Crippen LogP contribution is -2.46. The molecule has 0 spiro atoms. The first kappa shape index (κ1) is 15.4. The Balaban J connectivity index is 2.48. The van der Waals surface area contributed by atoms with E-state index < -0.39 is 0 Å². The van der Waals surface area contributed by atoms with Gasteiger partial charge >= 0.3 is 5.97 Å². The quantitative estimate of drug-likeness (QED) is 0.762.